The predicted molar refractivity (Wildman–Crippen MR) is 80.1 cm³/mol. The minimum absolute atomic E-state index is 0.0984. The van der Waals surface area contributed by atoms with Gasteiger partial charge in [-0.3, -0.25) is 0 Å². The number of benzene rings is 1. The van der Waals surface area contributed by atoms with Crippen molar-refractivity contribution in [3.63, 3.8) is 0 Å². The van der Waals surface area contributed by atoms with Gasteiger partial charge in [0.2, 0.25) is 0 Å². The number of ether oxygens (including phenoxy) is 1. The Morgan fingerprint density at radius 2 is 1.94 bits per heavy atom. The molecule has 0 aliphatic carbocycles. The Labute approximate surface area is 116 Å². The van der Waals surface area contributed by atoms with E-state index in [2.05, 4.69) is 45.9 Å². The molecule has 1 aromatic carbocycles. The molecule has 1 rings (SSSR count). The molecule has 0 aliphatic rings. The zero-order chi connectivity index (χ0) is 13.8. The van der Waals surface area contributed by atoms with Crippen molar-refractivity contribution in [3.8, 4) is 5.75 Å². The monoisotopic (exact) mass is 268 g/mol. The van der Waals surface area contributed by atoms with Gasteiger partial charge in [0.1, 0.15) is 5.75 Å². The maximum Gasteiger partial charge on any atom is 0.123 e. The third-order valence-corrected chi connectivity index (χ3v) is 3.44. The highest BCUT2D eigenvalue weighted by molar-refractivity contribution is 6.17. The smallest absolute Gasteiger partial charge is 0.123 e. The lowest BCUT2D eigenvalue weighted by Crippen LogP contribution is -2.14. The Hall–Kier alpha value is -0.690. The summed E-state index contributed by atoms with van der Waals surface area (Å²) in [6.07, 6.45) is 1.01. The Balaban J connectivity index is 3.13. The molecule has 0 aromatic heterocycles. The van der Waals surface area contributed by atoms with Crippen molar-refractivity contribution in [1.82, 2.24) is 0 Å². The maximum atomic E-state index is 5.83. The van der Waals surface area contributed by atoms with Gasteiger partial charge in [-0.25, -0.2) is 0 Å². The van der Waals surface area contributed by atoms with Gasteiger partial charge in [-0.1, -0.05) is 39.8 Å². The molecule has 0 bridgehead atoms. The lowest BCUT2D eigenvalue weighted by Gasteiger charge is -2.24. The van der Waals surface area contributed by atoms with Crippen LogP contribution in [-0.2, 0) is 5.41 Å². The van der Waals surface area contributed by atoms with Crippen molar-refractivity contribution in [3.05, 3.63) is 29.3 Å². The van der Waals surface area contributed by atoms with Crippen molar-refractivity contribution < 1.29 is 4.74 Å². The average Bonchev–Trinajstić information content (AvgIpc) is 2.28. The number of alkyl halides is 1. The van der Waals surface area contributed by atoms with Crippen molar-refractivity contribution in [2.45, 2.75) is 52.4 Å². The minimum Gasteiger partial charge on any atom is -0.494 e. The van der Waals surface area contributed by atoms with Gasteiger partial charge in [-0.15, -0.1) is 11.6 Å². The van der Waals surface area contributed by atoms with E-state index in [1.165, 1.54) is 11.1 Å². The number of halogens is 1. The Bertz CT molecular complexity index is 379. The van der Waals surface area contributed by atoms with Gasteiger partial charge < -0.3 is 4.74 Å². The van der Waals surface area contributed by atoms with E-state index in [1.54, 1.807) is 0 Å². The summed E-state index contributed by atoms with van der Waals surface area (Å²) < 4.78 is 5.73. The van der Waals surface area contributed by atoms with E-state index in [-0.39, 0.29) is 5.41 Å². The van der Waals surface area contributed by atoms with Gasteiger partial charge >= 0.3 is 0 Å². The van der Waals surface area contributed by atoms with Crippen LogP contribution in [0.2, 0.25) is 0 Å². The number of hydrogen-bond acceptors (Lipinski definition) is 1. The van der Waals surface area contributed by atoms with Crippen LogP contribution in [-0.4, -0.2) is 12.5 Å². The Kier molecular flexibility index (Phi) is 5.52. The highest BCUT2D eigenvalue weighted by Crippen LogP contribution is 2.34. The summed E-state index contributed by atoms with van der Waals surface area (Å²) in [4.78, 5) is 0. The summed E-state index contributed by atoms with van der Waals surface area (Å²) in [6.45, 7) is 11.6. The molecule has 0 amide bonds. The SMILES string of the molecule is CCOc1ccc(C(C)CCCl)cc1C(C)(C)C. The molecule has 0 fully saturated rings. The summed E-state index contributed by atoms with van der Waals surface area (Å²) in [7, 11) is 0. The Morgan fingerprint density at radius 3 is 2.44 bits per heavy atom. The highest BCUT2D eigenvalue weighted by atomic mass is 35.5. The maximum absolute atomic E-state index is 5.83. The first-order valence-corrected chi connectivity index (χ1v) is 7.26. The van der Waals surface area contributed by atoms with Crippen LogP contribution in [0.15, 0.2) is 18.2 Å². The highest BCUT2D eigenvalue weighted by Gasteiger charge is 2.20. The van der Waals surface area contributed by atoms with Crippen LogP contribution in [0.4, 0.5) is 0 Å². The number of hydrogen-bond donors (Lipinski definition) is 0. The zero-order valence-electron chi connectivity index (χ0n) is 12.2. The molecule has 1 nitrogen and oxygen atoms in total. The van der Waals surface area contributed by atoms with Crippen molar-refractivity contribution >= 4 is 11.6 Å². The third kappa shape index (κ3) is 3.91. The lowest BCUT2D eigenvalue weighted by molar-refractivity contribution is 0.329. The van der Waals surface area contributed by atoms with Crippen LogP contribution in [0.25, 0.3) is 0 Å². The van der Waals surface area contributed by atoms with E-state index in [0.29, 0.717) is 18.4 Å². The van der Waals surface area contributed by atoms with Gasteiger partial charge in [0.05, 0.1) is 6.61 Å². The van der Waals surface area contributed by atoms with Gasteiger partial charge in [0.25, 0.3) is 0 Å². The van der Waals surface area contributed by atoms with Crippen molar-refractivity contribution in [2.75, 3.05) is 12.5 Å². The normalized spacial score (nSPS) is 13.4. The first-order valence-electron chi connectivity index (χ1n) is 6.73. The van der Waals surface area contributed by atoms with E-state index in [4.69, 9.17) is 16.3 Å². The summed E-state index contributed by atoms with van der Waals surface area (Å²) in [5, 5.41) is 0. The second kappa shape index (κ2) is 6.47. The lowest BCUT2D eigenvalue weighted by atomic mass is 9.83. The molecule has 0 saturated heterocycles. The fraction of sp³-hybridized carbons (Fsp3) is 0.625. The molecule has 0 spiro atoms. The first-order chi connectivity index (χ1) is 8.40. The van der Waals surface area contributed by atoms with Gasteiger partial charge in [-0.05, 0) is 41.9 Å². The summed E-state index contributed by atoms with van der Waals surface area (Å²) in [5.41, 5.74) is 2.73. The molecule has 0 aliphatic heterocycles. The quantitative estimate of drug-likeness (QED) is 0.674. The molecule has 1 atom stereocenters. The molecule has 0 radical (unpaired) electrons. The summed E-state index contributed by atoms with van der Waals surface area (Å²) in [5.74, 6) is 2.21. The van der Waals surface area contributed by atoms with Crippen LogP contribution < -0.4 is 4.74 Å². The van der Waals surface area contributed by atoms with E-state index >= 15 is 0 Å². The summed E-state index contributed by atoms with van der Waals surface area (Å²) in [6, 6.07) is 6.55. The van der Waals surface area contributed by atoms with E-state index < -0.39 is 0 Å². The van der Waals surface area contributed by atoms with Crippen LogP contribution in [0.3, 0.4) is 0 Å². The van der Waals surface area contributed by atoms with Crippen LogP contribution in [0.1, 0.15) is 58.1 Å². The van der Waals surface area contributed by atoms with Crippen molar-refractivity contribution in [2.24, 2.45) is 0 Å². The van der Waals surface area contributed by atoms with Gasteiger partial charge in [-0.2, -0.15) is 0 Å². The minimum atomic E-state index is 0.0984. The molecule has 102 valence electrons. The number of rotatable bonds is 5. The van der Waals surface area contributed by atoms with E-state index in [1.807, 2.05) is 6.92 Å². The second-order valence-corrected chi connectivity index (χ2v) is 6.20. The van der Waals surface area contributed by atoms with E-state index in [0.717, 1.165) is 12.2 Å². The molecule has 1 unspecified atom stereocenters. The molecule has 2 heteroatoms. The predicted octanol–water partition coefficient (Wildman–Crippen LogP) is 5.12. The van der Waals surface area contributed by atoms with Crippen LogP contribution in [0.5, 0.6) is 5.75 Å². The van der Waals surface area contributed by atoms with Gasteiger partial charge in [0, 0.05) is 5.88 Å². The topological polar surface area (TPSA) is 9.23 Å². The Morgan fingerprint density at radius 1 is 1.28 bits per heavy atom. The van der Waals surface area contributed by atoms with Crippen molar-refractivity contribution in [1.29, 1.82) is 0 Å². The first kappa shape index (κ1) is 15.4. The molecule has 0 saturated carbocycles. The van der Waals surface area contributed by atoms with E-state index in [9.17, 15) is 0 Å². The fourth-order valence-electron chi connectivity index (χ4n) is 2.05. The molecular formula is C16H25ClO. The van der Waals surface area contributed by atoms with Crippen LogP contribution >= 0.6 is 11.6 Å². The molecule has 1 aromatic rings. The summed E-state index contributed by atoms with van der Waals surface area (Å²) >= 11 is 5.83. The third-order valence-electron chi connectivity index (χ3n) is 3.22. The standard InChI is InChI=1S/C16H25ClO/c1-6-18-15-8-7-13(12(2)9-10-17)11-14(15)16(3,4)5/h7-8,11-12H,6,9-10H2,1-5H3. The fourth-order valence-corrected chi connectivity index (χ4v) is 2.38. The van der Waals surface area contributed by atoms with Crippen LogP contribution in [0, 0.1) is 0 Å². The molecule has 0 N–H and O–H groups in total. The average molecular weight is 269 g/mol. The largest absolute Gasteiger partial charge is 0.494 e. The molecule has 0 heterocycles. The zero-order valence-corrected chi connectivity index (χ0v) is 13.0. The molecule has 18 heavy (non-hydrogen) atoms. The van der Waals surface area contributed by atoms with Gasteiger partial charge in [0.15, 0.2) is 0 Å². The second-order valence-electron chi connectivity index (χ2n) is 5.82. The molecular weight excluding hydrogens is 244 g/mol.